The summed E-state index contributed by atoms with van der Waals surface area (Å²) in [6.07, 6.45) is 3.47. The zero-order valence-corrected chi connectivity index (χ0v) is 12.0. The highest BCUT2D eigenvalue weighted by Crippen LogP contribution is 2.16. The van der Waals surface area contributed by atoms with Gasteiger partial charge in [0.1, 0.15) is 0 Å². The summed E-state index contributed by atoms with van der Waals surface area (Å²) in [5, 5.41) is 5.76. The van der Waals surface area contributed by atoms with Crippen molar-refractivity contribution in [3.63, 3.8) is 0 Å². The number of amides is 2. The third-order valence-corrected chi connectivity index (χ3v) is 3.16. The Hall–Kier alpha value is -2.36. The fraction of sp³-hybridized carbons (Fsp3) is 0.250. The Labute approximate surface area is 119 Å². The number of rotatable bonds is 3. The van der Waals surface area contributed by atoms with E-state index in [1.807, 2.05) is 51.1 Å². The molecule has 1 atom stereocenters. The first-order chi connectivity index (χ1) is 9.56. The highest BCUT2D eigenvalue weighted by Gasteiger charge is 2.10. The molecule has 2 rings (SSSR count). The second kappa shape index (κ2) is 6.19. The number of benzene rings is 1. The van der Waals surface area contributed by atoms with Crippen LogP contribution in [-0.4, -0.2) is 11.0 Å². The largest absolute Gasteiger partial charge is 0.331 e. The van der Waals surface area contributed by atoms with Crippen molar-refractivity contribution in [2.75, 3.05) is 5.32 Å². The molecular weight excluding hydrogens is 250 g/mol. The van der Waals surface area contributed by atoms with Crippen LogP contribution >= 0.6 is 0 Å². The van der Waals surface area contributed by atoms with Crippen LogP contribution in [0.15, 0.2) is 42.7 Å². The molecule has 1 aromatic heterocycles. The van der Waals surface area contributed by atoms with Gasteiger partial charge in [0, 0.05) is 18.1 Å². The fourth-order valence-corrected chi connectivity index (χ4v) is 2.02. The lowest BCUT2D eigenvalue weighted by atomic mass is 10.1. The van der Waals surface area contributed by atoms with Gasteiger partial charge in [-0.15, -0.1) is 0 Å². The summed E-state index contributed by atoms with van der Waals surface area (Å²) in [5.41, 5.74) is 4.03. The van der Waals surface area contributed by atoms with Crippen LogP contribution in [0.2, 0.25) is 0 Å². The van der Waals surface area contributed by atoms with Crippen molar-refractivity contribution >= 4 is 11.7 Å². The third kappa shape index (κ3) is 3.57. The number of anilines is 1. The lowest BCUT2D eigenvalue weighted by Crippen LogP contribution is -2.31. The molecule has 0 aliphatic rings. The summed E-state index contributed by atoms with van der Waals surface area (Å²) in [7, 11) is 0. The highest BCUT2D eigenvalue weighted by molar-refractivity contribution is 5.90. The van der Waals surface area contributed by atoms with E-state index < -0.39 is 0 Å². The van der Waals surface area contributed by atoms with E-state index in [0.717, 1.165) is 16.8 Å². The molecular formula is C16H19N3O. The van der Waals surface area contributed by atoms with Gasteiger partial charge in [-0.1, -0.05) is 23.8 Å². The molecule has 4 nitrogen and oxygen atoms in total. The quantitative estimate of drug-likeness (QED) is 0.894. The van der Waals surface area contributed by atoms with Gasteiger partial charge in [-0.05, 0) is 44.0 Å². The highest BCUT2D eigenvalue weighted by atomic mass is 16.2. The molecule has 0 saturated heterocycles. The number of hydrogen-bond acceptors (Lipinski definition) is 2. The summed E-state index contributed by atoms with van der Waals surface area (Å²) in [4.78, 5) is 16.0. The maximum atomic E-state index is 12.0. The molecule has 0 spiro atoms. The minimum atomic E-state index is -0.215. The standard InChI is InChI=1S/C16H19N3O/c1-11-6-7-15(12(2)9-11)19-16(20)18-13(3)14-5-4-8-17-10-14/h4-10,13H,1-3H3,(H2,18,19,20)/t13-/m0/s1. The molecule has 1 aromatic carbocycles. The van der Waals surface area contributed by atoms with E-state index in [4.69, 9.17) is 0 Å². The van der Waals surface area contributed by atoms with Crippen molar-refractivity contribution in [1.82, 2.24) is 10.3 Å². The van der Waals surface area contributed by atoms with Crippen molar-refractivity contribution in [3.8, 4) is 0 Å². The van der Waals surface area contributed by atoms with Crippen LogP contribution in [0.1, 0.15) is 29.7 Å². The number of nitrogens with one attached hydrogen (secondary N) is 2. The Morgan fingerprint density at radius 2 is 2.05 bits per heavy atom. The van der Waals surface area contributed by atoms with Crippen LogP contribution in [0.3, 0.4) is 0 Å². The number of aryl methyl sites for hydroxylation is 2. The van der Waals surface area contributed by atoms with Gasteiger partial charge in [0.25, 0.3) is 0 Å². The Morgan fingerprint density at radius 1 is 1.25 bits per heavy atom. The molecule has 2 amide bonds. The van der Waals surface area contributed by atoms with Crippen LogP contribution < -0.4 is 10.6 Å². The monoisotopic (exact) mass is 269 g/mol. The minimum absolute atomic E-state index is 0.0885. The van der Waals surface area contributed by atoms with Crippen LogP contribution in [-0.2, 0) is 0 Å². The summed E-state index contributed by atoms with van der Waals surface area (Å²) < 4.78 is 0. The molecule has 20 heavy (non-hydrogen) atoms. The second-order valence-electron chi connectivity index (χ2n) is 4.92. The predicted octanol–water partition coefficient (Wildman–Crippen LogP) is 3.58. The SMILES string of the molecule is Cc1ccc(NC(=O)N[C@@H](C)c2cccnc2)c(C)c1. The van der Waals surface area contributed by atoms with Crippen molar-refractivity contribution in [3.05, 3.63) is 59.4 Å². The average Bonchev–Trinajstić information content (AvgIpc) is 2.43. The molecule has 0 radical (unpaired) electrons. The number of pyridine rings is 1. The molecule has 1 heterocycles. The fourth-order valence-electron chi connectivity index (χ4n) is 2.02. The van der Waals surface area contributed by atoms with Crippen molar-refractivity contribution < 1.29 is 4.79 Å². The molecule has 0 bridgehead atoms. The summed E-state index contributed by atoms with van der Waals surface area (Å²) in [6.45, 7) is 5.94. The number of hydrogen-bond donors (Lipinski definition) is 2. The van der Waals surface area contributed by atoms with Gasteiger partial charge < -0.3 is 10.6 Å². The molecule has 104 valence electrons. The first-order valence-electron chi connectivity index (χ1n) is 6.61. The van der Waals surface area contributed by atoms with E-state index in [0.29, 0.717) is 0 Å². The maximum absolute atomic E-state index is 12.0. The molecule has 0 saturated carbocycles. The number of urea groups is 1. The Balaban J connectivity index is 1.99. The maximum Gasteiger partial charge on any atom is 0.319 e. The minimum Gasteiger partial charge on any atom is -0.331 e. The van der Waals surface area contributed by atoms with E-state index >= 15 is 0 Å². The van der Waals surface area contributed by atoms with E-state index in [9.17, 15) is 4.79 Å². The van der Waals surface area contributed by atoms with Gasteiger partial charge in [0.2, 0.25) is 0 Å². The Morgan fingerprint density at radius 3 is 2.70 bits per heavy atom. The average molecular weight is 269 g/mol. The van der Waals surface area contributed by atoms with Gasteiger partial charge >= 0.3 is 6.03 Å². The molecule has 2 aromatic rings. The molecule has 0 aliphatic carbocycles. The van der Waals surface area contributed by atoms with Crippen LogP contribution in [0.4, 0.5) is 10.5 Å². The summed E-state index contributed by atoms with van der Waals surface area (Å²) in [6, 6.07) is 9.43. The third-order valence-electron chi connectivity index (χ3n) is 3.16. The van der Waals surface area contributed by atoms with E-state index in [1.54, 1.807) is 12.4 Å². The Kier molecular flexibility index (Phi) is 4.35. The van der Waals surface area contributed by atoms with E-state index in [1.165, 1.54) is 5.56 Å². The van der Waals surface area contributed by atoms with Gasteiger partial charge in [-0.2, -0.15) is 0 Å². The smallest absolute Gasteiger partial charge is 0.319 e. The normalized spacial score (nSPS) is 11.8. The zero-order valence-electron chi connectivity index (χ0n) is 12.0. The number of carbonyl (C=O) groups excluding carboxylic acids is 1. The number of nitrogens with zero attached hydrogens (tertiary/aromatic N) is 1. The molecule has 0 fully saturated rings. The van der Waals surface area contributed by atoms with Gasteiger partial charge in [-0.25, -0.2) is 4.79 Å². The summed E-state index contributed by atoms with van der Waals surface area (Å²) in [5.74, 6) is 0. The number of carbonyl (C=O) groups is 1. The van der Waals surface area contributed by atoms with E-state index in [2.05, 4.69) is 15.6 Å². The Bertz CT molecular complexity index is 596. The topological polar surface area (TPSA) is 54.0 Å². The number of aromatic nitrogens is 1. The van der Waals surface area contributed by atoms with E-state index in [-0.39, 0.29) is 12.1 Å². The zero-order chi connectivity index (χ0) is 14.5. The van der Waals surface area contributed by atoms with Crippen molar-refractivity contribution in [1.29, 1.82) is 0 Å². The van der Waals surface area contributed by atoms with Gasteiger partial charge in [0.05, 0.1) is 6.04 Å². The second-order valence-corrected chi connectivity index (χ2v) is 4.92. The molecule has 4 heteroatoms. The lowest BCUT2D eigenvalue weighted by Gasteiger charge is -2.15. The predicted molar refractivity (Wildman–Crippen MR) is 80.7 cm³/mol. The van der Waals surface area contributed by atoms with Crippen LogP contribution in [0.5, 0.6) is 0 Å². The summed E-state index contributed by atoms with van der Waals surface area (Å²) >= 11 is 0. The van der Waals surface area contributed by atoms with Crippen LogP contribution in [0.25, 0.3) is 0 Å². The van der Waals surface area contributed by atoms with Crippen LogP contribution in [0, 0.1) is 13.8 Å². The van der Waals surface area contributed by atoms with Gasteiger partial charge in [-0.3, -0.25) is 4.98 Å². The van der Waals surface area contributed by atoms with Crippen molar-refractivity contribution in [2.45, 2.75) is 26.8 Å². The first-order valence-corrected chi connectivity index (χ1v) is 6.61. The molecule has 0 unspecified atom stereocenters. The molecule has 0 aliphatic heterocycles. The molecule has 2 N–H and O–H groups in total. The van der Waals surface area contributed by atoms with Crippen molar-refractivity contribution in [2.24, 2.45) is 0 Å². The van der Waals surface area contributed by atoms with Gasteiger partial charge in [0.15, 0.2) is 0 Å². The first kappa shape index (κ1) is 14.1. The lowest BCUT2D eigenvalue weighted by molar-refractivity contribution is 0.249.